The van der Waals surface area contributed by atoms with Gasteiger partial charge in [-0.25, -0.2) is 0 Å². The van der Waals surface area contributed by atoms with Crippen molar-refractivity contribution < 1.29 is 4.79 Å². The molecule has 0 bridgehead atoms. The molecule has 1 aliphatic rings. The zero-order valence-electron chi connectivity index (χ0n) is 10.2. The topological polar surface area (TPSA) is 46.3 Å². The smallest absolute Gasteiger partial charge is 0.230 e. The van der Waals surface area contributed by atoms with Gasteiger partial charge in [0.2, 0.25) is 5.91 Å². The fraction of sp³-hybridized carbons (Fsp3) is 0.462. The first-order valence-electron chi connectivity index (χ1n) is 5.91. The molecule has 1 aromatic carbocycles. The number of aryl methyl sites for hydroxylation is 1. The number of benzene rings is 1. The van der Waals surface area contributed by atoms with E-state index in [1.165, 1.54) is 0 Å². The van der Waals surface area contributed by atoms with Crippen LogP contribution in [0.4, 0.5) is 11.4 Å². The first-order valence-corrected chi connectivity index (χ1v) is 6.29. The predicted molar refractivity (Wildman–Crippen MR) is 71.4 cm³/mol. The second-order valence-corrected chi connectivity index (χ2v) is 4.95. The Morgan fingerprint density at radius 2 is 2.24 bits per heavy atom. The Morgan fingerprint density at radius 1 is 1.53 bits per heavy atom. The lowest BCUT2D eigenvalue weighted by atomic mass is 10.1. The fourth-order valence-corrected chi connectivity index (χ4v) is 2.54. The third kappa shape index (κ3) is 2.12. The van der Waals surface area contributed by atoms with Crippen molar-refractivity contribution in [3.63, 3.8) is 0 Å². The highest BCUT2D eigenvalue weighted by Gasteiger charge is 2.31. The third-order valence-electron chi connectivity index (χ3n) is 3.42. The van der Waals surface area contributed by atoms with Gasteiger partial charge >= 0.3 is 0 Å². The van der Waals surface area contributed by atoms with Gasteiger partial charge in [0.25, 0.3) is 0 Å². The van der Waals surface area contributed by atoms with Crippen molar-refractivity contribution in [3.05, 3.63) is 22.7 Å². The molecule has 0 aliphatic carbocycles. The second kappa shape index (κ2) is 4.57. The minimum Gasteiger partial charge on any atom is -0.397 e. The molecule has 2 N–H and O–H groups in total. The summed E-state index contributed by atoms with van der Waals surface area (Å²) in [5, 5.41) is 0.546. The molecule has 1 amide bonds. The molecule has 1 atom stereocenters. The van der Waals surface area contributed by atoms with Crippen molar-refractivity contribution in [1.82, 2.24) is 0 Å². The van der Waals surface area contributed by atoms with E-state index in [1.54, 1.807) is 6.07 Å². The molecule has 17 heavy (non-hydrogen) atoms. The van der Waals surface area contributed by atoms with E-state index in [1.807, 2.05) is 17.9 Å². The average Bonchev–Trinajstić information content (AvgIpc) is 2.65. The number of anilines is 2. The maximum atomic E-state index is 12.1. The summed E-state index contributed by atoms with van der Waals surface area (Å²) in [6, 6.07) is 3.62. The molecule has 3 nitrogen and oxygen atoms in total. The summed E-state index contributed by atoms with van der Waals surface area (Å²) < 4.78 is 0. The lowest BCUT2D eigenvalue weighted by Crippen LogP contribution is -2.27. The Morgan fingerprint density at radius 3 is 2.82 bits per heavy atom. The van der Waals surface area contributed by atoms with Crippen LogP contribution in [0.1, 0.15) is 25.3 Å². The van der Waals surface area contributed by atoms with Gasteiger partial charge in [0.1, 0.15) is 0 Å². The minimum atomic E-state index is 0.159. The zero-order chi connectivity index (χ0) is 12.6. The van der Waals surface area contributed by atoms with Gasteiger partial charge in [-0.05, 0) is 37.5 Å². The van der Waals surface area contributed by atoms with Gasteiger partial charge < -0.3 is 10.6 Å². The summed E-state index contributed by atoms with van der Waals surface area (Å²) in [5.41, 5.74) is 8.22. The fourth-order valence-electron chi connectivity index (χ4n) is 2.33. The molecule has 0 spiro atoms. The number of rotatable bonds is 2. The van der Waals surface area contributed by atoms with Crippen LogP contribution in [0.2, 0.25) is 5.02 Å². The number of halogens is 1. The number of carbonyl (C=O) groups is 1. The van der Waals surface area contributed by atoms with Gasteiger partial charge in [-0.1, -0.05) is 18.5 Å². The average molecular weight is 253 g/mol. The Labute approximate surface area is 107 Å². The summed E-state index contributed by atoms with van der Waals surface area (Å²) in [7, 11) is 0. The third-order valence-corrected chi connectivity index (χ3v) is 3.74. The molecular weight excluding hydrogens is 236 g/mol. The lowest BCUT2D eigenvalue weighted by molar-refractivity contribution is -0.120. The van der Waals surface area contributed by atoms with Crippen molar-refractivity contribution in [2.45, 2.75) is 26.7 Å². The number of nitrogen functional groups attached to an aromatic ring is 1. The van der Waals surface area contributed by atoms with Crippen LogP contribution in [0, 0.1) is 12.8 Å². The molecule has 2 rings (SSSR count). The van der Waals surface area contributed by atoms with Gasteiger partial charge in [0.05, 0.1) is 10.7 Å². The lowest BCUT2D eigenvalue weighted by Gasteiger charge is -2.20. The van der Waals surface area contributed by atoms with E-state index in [-0.39, 0.29) is 11.8 Å². The molecule has 0 radical (unpaired) electrons. The van der Waals surface area contributed by atoms with Crippen LogP contribution >= 0.6 is 11.6 Å². The van der Waals surface area contributed by atoms with E-state index in [4.69, 9.17) is 17.3 Å². The molecule has 1 heterocycles. The molecule has 1 aromatic rings. The molecule has 1 fully saturated rings. The molecule has 1 unspecified atom stereocenters. The predicted octanol–water partition coefficient (Wildman–Crippen LogP) is 2.99. The van der Waals surface area contributed by atoms with Crippen LogP contribution < -0.4 is 10.6 Å². The largest absolute Gasteiger partial charge is 0.397 e. The molecule has 92 valence electrons. The molecule has 0 aromatic heterocycles. The Kier molecular flexibility index (Phi) is 3.29. The van der Waals surface area contributed by atoms with Crippen LogP contribution in [0.5, 0.6) is 0 Å². The molecule has 1 saturated heterocycles. The normalized spacial score (nSPS) is 20.1. The summed E-state index contributed by atoms with van der Waals surface area (Å²) >= 11 is 5.96. The molecular formula is C13H17ClN2O. The summed E-state index contributed by atoms with van der Waals surface area (Å²) in [4.78, 5) is 14.0. The summed E-state index contributed by atoms with van der Waals surface area (Å²) in [5.74, 6) is 0.364. The van der Waals surface area contributed by atoms with Crippen molar-refractivity contribution in [2.75, 3.05) is 17.2 Å². The number of carbonyl (C=O) groups excluding carboxylic acids is 1. The molecule has 0 saturated carbocycles. The Balaban J connectivity index is 2.36. The first-order chi connectivity index (χ1) is 8.04. The zero-order valence-corrected chi connectivity index (χ0v) is 10.9. The van der Waals surface area contributed by atoms with E-state index >= 15 is 0 Å². The highest BCUT2D eigenvalue weighted by molar-refractivity contribution is 6.33. The number of hydrogen-bond acceptors (Lipinski definition) is 2. The monoisotopic (exact) mass is 252 g/mol. The summed E-state index contributed by atoms with van der Waals surface area (Å²) in [6.07, 6.45) is 1.83. The maximum absolute atomic E-state index is 12.1. The Bertz CT molecular complexity index is 459. The van der Waals surface area contributed by atoms with E-state index < -0.39 is 0 Å². The molecule has 4 heteroatoms. The summed E-state index contributed by atoms with van der Waals surface area (Å²) in [6.45, 7) is 4.78. The van der Waals surface area contributed by atoms with E-state index in [2.05, 4.69) is 6.92 Å². The van der Waals surface area contributed by atoms with Crippen molar-refractivity contribution >= 4 is 28.9 Å². The highest BCUT2D eigenvalue weighted by Crippen LogP contribution is 2.33. The van der Waals surface area contributed by atoms with E-state index in [0.29, 0.717) is 10.7 Å². The SMILES string of the molecule is CCC1CCN(c2cc(N)c(Cl)cc2C)C1=O. The van der Waals surface area contributed by atoms with Crippen LogP contribution in [-0.4, -0.2) is 12.5 Å². The van der Waals surface area contributed by atoms with Crippen molar-refractivity contribution in [3.8, 4) is 0 Å². The maximum Gasteiger partial charge on any atom is 0.230 e. The van der Waals surface area contributed by atoms with Gasteiger partial charge in [0.15, 0.2) is 0 Å². The number of hydrogen-bond donors (Lipinski definition) is 1. The standard InChI is InChI=1S/C13H17ClN2O/c1-3-9-4-5-16(13(9)17)12-7-11(15)10(14)6-8(12)2/h6-7,9H,3-5,15H2,1-2H3. The van der Waals surface area contributed by atoms with Crippen molar-refractivity contribution in [2.24, 2.45) is 5.92 Å². The van der Waals surface area contributed by atoms with Crippen LogP contribution in [0.15, 0.2) is 12.1 Å². The van der Waals surface area contributed by atoms with Crippen LogP contribution in [0.3, 0.4) is 0 Å². The van der Waals surface area contributed by atoms with Gasteiger partial charge in [-0.15, -0.1) is 0 Å². The number of nitrogens with two attached hydrogens (primary N) is 1. The number of nitrogens with zero attached hydrogens (tertiary/aromatic N) is 1. The van der Waals surface area contributed by atoms with Gasteiger partial charge in [-0.3, -0.25) is 4.79 Å². The molecule has 1 aliphatic heterocycles. The Hall–Kier alpha value is -1.22. The second-order valence-electron chi connectivity index (χ2n) is 4.54. The quantitative estimate of drug-likeness (QED) is 0.823. The van der Waals surface area contributed by atoms with Crippen LogP contribution in [-0.2, 0) is 4.79 Å². The highest BCUT2D eigenvalue weighted by atomic mass is 35.5. The van der Waals surface area contributed by atoms with Crippen molar-refractivity contribution in [1.29, 1.82) is 0 Å². The van der Waals surface area contributed by atoms with Gasteiger partial charge in [-0.2, -0.15) is 0 Å². The van der Waals surface area contributed by atoms with E-state index in [9.17, 15) is 4.79 Å². The first kappa shape index (κ1) is 12.2. The minimum absolute atomic E-state index is 0.159. The van der Waals surface area contributed by atoms with E-state index in [0.717, 1.165) is 30.6 Å². The number of amides is 1. The van der Waals surface area contributed by atoms with Crippen LogP contribution in [0.25, 0.3) is 0 Å². The van der Waals surface area contributed by atoms with Gasteiger partial charge in [0, 0.05) is 18.2 Å².